The molecule has 1 heterocycles. The second kappa shape index (κ2) is 6.89. The van der Waals surface area contributed by atoms with E-state index in [1.165, 1.54) is 0 Å². The van der Waals surface area contributed by atoms with Gasteiger partial charge in [-0.15, -0.1) is 0 Å². The molecule has 0 aliphatic carbocycles. The number of amides is 1. The highest BCUT2D eigenvalue weighted by Gasteiger charge is 2.23. The summed E-state index contributed by atoms with van der Waals surface area (Å²) >= 11 is 6.32. The third-order valence-electron chi connectivity index (χ3n) is 3.93. The van der Waals surface area contributed by atoms with E-state index in [4.69, 9.17) is 11.6 Å². The number of benzene rings is 2. The topological polar surface area (TPSA) is 62.2 Å². The van der Waals surface area contributed by atoms with Gasteiger partial charge < -0.3 is 10.4 Å². The molecule has 0 radical (unpaired) electrons. The molecule has 24 heavy (non-hydrogen) atoms. The average molecular weight is 341 g/mol. The van der Waals surface area contributed by atoms with Crippen molar-refractivity contribution in [3.05, 3.63) is 70.9 Å². The van der Waals surface area contributed by atoms with Gasteiger partial charge >= 0.3 is 0 Å². The van der Waals surface area contributed by atoms with Crippen LogP contribution in [0.2, 0.25) is 5.02 Å². The number of phenolic OH excluding ortho intramolecular Hbond substituents is 1. The maximum Gasteiger partial charge on any atom is 0.220 e. The smallest absolute Gasteiger partial charge is 0.220 e. The minimum atomic E-state index is -0.544. The van der Waals surface area contributed by atoms with Gasteiger partial charge in [-0.05, 0) is 17.7 Å². The molecule has 5 heteroatoms. The summed E-state index contributed by atoms with van der Waals surface area (Å²) < 4.78 is 0. The van der Waals surface area contributed by atoms with E-state index >= 15 is 0 Å². The number of nitrogens with one attached hydrogen (secondary N) is 1. The number of aromatic hydroxyl groups is 1. The van der Waals surface area contributed by atoms with Crippen LogP contribution in [0.15, 0.2) is 54.7 Å². The Morgan fingerprint density at radius 3 is 2.71 bits per heavy atom. The molecule has 2 aromatic carbocycles. The molecule has 1 aromatic heterocycles. The van der Waals surface area contributed by atoms with Crippen LogP contribution >= 0.6 is 11.6 Å². The normalized spacial score (nSPS) is 12.1. The Hall–Kier alpha value is -2.59. The monoisotopic (exact) mass is 340 g/mol. The van der Waals surface area contributed by atoms with E-state index in [9.17, 15) is 9.90 Å². The Labute approximate surface area is 145 Å². The highest BCUT2D eigenvalue weighted by atomic mass is 35.5. The molecule has 0 saturated heterocycles. The molecule has 3 rings (SSSR count). The number of phenols is 1. The molecule has 1 amide bonds. The van der Waals surface area contributed by atoms with Crippen molar-refractivity contribution in [1.29, 1.82) is 0 Å². The summed E-state index contributed by atoms with van der Waals surface area (Å²) in [4.78, 5) is 16.2. The van der Waals surface area contributed by atoms with Gasteiger partial charge in [0.15, 0.2) is 0 Å². The van der Waals surface area contributed by atoms with E-state index in [-0.39, 0.29) is 11.7 Å². The Morgan fingerprint density at radius 1 is 1.17 bits per heavy atom. The predicted molar refractivity (Wildman–Crippen MR) is 95.1 cm³/mol. The van der Waals surface area contributed by atoms with Crippen LogP contribution in [0.25, 0.3) is 10.9 Å². The SMILES string of the molecule is CCC(=O)NC(c1ccccc1Cl)c1ccc2cccnc2c1O. The zero-order valence-corrected chi connectivity index (χ0v) is 13.9. The zero-order valence-electron chi connectivity index (χ0n) is 13.2. The number of rotatable bonds is 4. The van der Waals surface area contributed by atoms with E-state index < -0.39 is 6.04 Å². The summed E-state index contributed by atoms with van der Waals surface area (Å²) in [5.41, 5.74) is 1.79. The fourth-order valence-corrected chi connectivity index (χ4v) is 2.92. The lowest BCUT2D eigenvalue weighted by molar-refractivity contribution is -0.121. The van der Waals surface area contributed by atoms with Crippen LogP contribution in [0.1, 0.15) is 30.5 Å². The first-order valence-corrected chi connectivity index (χ1v) is 8.10. The van der Waals surface area contributed by atoms with Crippen molar-refractivity contribution in [3.63, 3.8) is 0 Å². The molecule has 4 nitrogen and oxygen atoms in total. The number of carbonyl (C=O) groups is 1. The molecule has 0 aliphatic rings. The summed E-state index contributed by atoms with van der Waals surface area (Å²) in [5.74, 6) is -0.0742. The van der Waals surface area contributed by atoms with Crippen molar-refractivity contribution in [1.82, 2.24) is 10.3 Å². The van der Waals surface area contributed by atoms with Crippen LogP contribution in [0, 0.1) is 0 Å². The molecule has 122 valence electrons. The molecule has 2 N–H and O–H groups in total. The molecule has 0 fully saturated rings. The van der Waals surface area contributed by atoms with Gasteiger partial charge in [0, 0.05) is 28.6 Å². The number of nitrogens with zero attached hydrogens (tertiary/aromatic N) is 1. The van der Waals surface area contributed by atoms with Crippen LogP contribution in [-0.2, 0) is 4.79 Å². The second-order valence-corrected chi connectivity index (χ2v) is 5.86. The molecule has 0 aliphatic heterocycles. The van der Waals surface area contributed by atoms with Gasteiger partial charge in [0.05, 0.1) is 6.04 Å². The number of hydrogen-bond acceptors (Lipinski definition) is 3. The summed E-state index contributed by atoms with van der Waals surface area (Å²) in [7, 11) is 0. The van der Waals surface area contributed by atoms with Crippen molar-refractivity contribution < 1.29 is 9.90 Å². The number of pyridine rings is 1. The van der Waals surface area contributed by atoms with E-state index in [0.717, 1.165) is 10.9 Å². The Kier molecular flexibility index (Phi) is 4.67. The van der Waals surface area contributed by atoms with Crippen molar-refractivity contribution in [2.24, 2.45) is 0 Å². The standard InChI is InChI=1S/C19H17ClN2O2/c1-2-16(23)22-18(13-7-3-4-8-15(13)20)14-10-9-12-6-5-11-21-17(12)19(14)24/h3-11,18,24H,2H2,1H3,(H,22,23). The largest absolute Gasteiger partial charge is 0.505 e. The molecule has 0 spiro atoms. The minimum absolute atomic E-state index is 0.0504. The zero-order chi connectivity index (χ0) is 17.1. The van der Waals surface area contributed by atoms with Gasteiger partial charge in [0.1, 0.15) is 11.3 Å². The first-order valence-electron chi connectivity index (χ1n) is 7.72. The Balaban J connectivity index is 2.17. The van der Waals surface area contributed by atoms with Crippen LogP contribution in [0.5, 0.6) is 5.75 Å². The van der Waals surface area contributed by atoms with Gasteiger partial charge in [-0.2, -0.15) is 0 Å². The number of fused-ring (bicyclic) bond motifs is 1. The molecule has 1 unspecified atom stereocenters. The third-order valence-corrected chi connectivity index (χ3v) is 4.28. The fraction of sp³-hybridized carbons (Fsp3) is 0.158. The van der Waals surface area contributed by atoms with Crippen LogP contribution in [0.4, 0.5) is 0 Å². The quantitative estimate of drug-likeness (QED) is 0.747. The van der Waals surface area contributed by atoms with Crippen LogP contribution < -0.4 is 5.32 Å². The molecule has 3 aromatic rings. The molecule has 0 saturated carbocycles. The van der Waals surface area contributed by atoms with Crippen molar-refractivity contribution in [2.75, 3.05) is 0 Å². The highest BCUT2D eigenvalue weighted by molar-refractivity contribution is 6.31. The predicted octanol–water partition coefficient (Wildman–Crippen LogP) is 4.21. The van der Waals surface area contributed by atoms with Crippen LogP contribution in [0.3, 0.4) is 0 Å². The van der Waals surface area contributed by atoms with Crippen LogP contribution in [-0.4, -0.2) is 16.0 Å². The third kappa shape index (κ3) is 3.05. The van der Waals surface area contributed by atoms with E-state index in [1.807, 2.05) is 36.4 Å². The highest BCUT2D eigenvalue weighted by Crippen LogP contribution is 2.36. The van der Waals surface area contributed by atoms with E-state index in [1.54, 1.807) is 25.3 Å². The van der Waals surface area contributed by atoms with Gasteiger partial charge in [0.25, 0.3) is 0 Å². The second-order valence-electron chi connectivity index (χ2n) is 5.45. The molecule has 1 atom stereocenters. The number of halogens is 1. The first kappa shape index (κ1) is 16.3. The lowest BCUT2D eigenvalue weighted by Gasteiger charge is -2.22. The lowest BCUT2D eigenvalue weighted by atomic mass is 9.96. The molecular formula is C19H17ClN2O2. The minimum Gasteiger partial charge on any atom is -0.505 e. The summed E-state index contributed by atoms with van der Waals surface area (Å²) in [6.45, 7) is 1.78. The van der Waals surface area contributed by atoms with Gasteiger partial charge in [-0.1, -0.05) is 54.9 Å². The van der Waals surface area contributed by atoms with Gasteiger partial charge in [-0.25, -0.2) is 0 Å². The molecule has 0 bridgehead atoms. The van der Waals surface area contributed by atoms with E-state index in [0.29, 0.717) is 22.5 Å². The maximum atomic E-state index is 12.0. The first-order chi connectivity index (χ1) is 11.6. The van der Waals surface area contributed by atoms with Crippen molar-refractivity contribution >= 4 is 28.4 Å². The van der Waals surface area contributed by atoms with Crippen molar-refractivity contribution in [2.45, 2.75) is 19.4 Å². The van der Waals surface area contributed by atoms with Gasteiger partial charge in [0.2, 0.25) is 5.91 Å². The van der Waals surface area contributed by atoms with Crippen molar-refractivity contribution in [3.8, 4) is 5.75 Å². The molecular weight excluding hydrogens is 324 g/mol. The van der Waals surface area contributed by atoms with E-state index in [2.05, 4.69) is 10.3 Å². The summed E-state index contributed by atoms with van der Waals surface area (Å²) in [6.07, 6.45) is 1.97. The Morgan fingerprint density at radius 2 is 1.96 bits per heavy atom. The summed E-state index contributed by atoms with van der Waals surface area (Å²) in [6, 6.07) is 14.1. The average Bonchev–Trinajstić information content (AvgIpc) is 2.61. The maximum absolute atomic E-state index is 12.0. The Bertz CT molecular complexity index is 895. The summed E-state index contributed by atoms with van der Waals surface area (Å²) in [5, 5.41) is 15.0. The van der Waals surface area contributed by atoms with Gasteiger partial charge in [-0.3, -0.25) is 9.78 Å². The number of aromatic nitrogens is 1. The fourth-order valence-electron chi connectivity index (χ4n) is 2.67. The number of carbonyl (C=O) groups excluding carboxylic acids is 1. The lowest BCUT2D eigenvalue weighted by Crippen LogP contribution is -2.28. The number of hydrogen-bond donors (Lipinski definition) is 2.